The molecule has 0 spiro atoms. The molecule has 0 aromatic heterocycles. The molecule has 3 aromatic rings. The minimum Gasteiger partial charge on any atom is -0.369 e. The standard InChI is InChI=1S/C28H27N5O3/c1-32-11-13-33(14-12-32)22-8-6-21(7-9-22)30-17-24-23-16-19(5-10-25(23)31-28(24)36)26(34)18-3-2-4-20(15-18)27(29)35/h2-10,15-17,30H,11-14H2,1H3,(H2,29,35)(H,31,36). The molecule has 0 bridgehead atoms. The molecule has 4 N–H and O–H groups in total. The van der Waals surface area contributed by atoms with Gasteiger partial charge in [-0.25, -0.2) is 0 Å². The number of benzene rings is 3. The van der Waals surface area contributed by atoms with Crippen LogP contribution < -0.4 is 21.3 Å². The van der Waals surface area contributed by atoms with Crippen molar-refractivity contribution in [1.82, 2.24) is 4.90 Å². The van der Waals surface area contributed by atoms with Crippen LogP contribution in [0.4, 0.5) is 17.1 Å². The van der Waals surface area contributed by atoms with E-state index >= 15 is 0 Å². The van der Waals surface area contributed by atoms with Crippen molar-refractivity contribution in [3.63, 3.8) is 0 Å². The van der Waals surface area contributed by atoms with E-state index in [9.17, 15) is 14.4 Å². The van der Waals surface area contributed by atoms with Crippen molar-refractivity contribution in [3.05, 3.63) is 95.2 Å². The van der Waals surface area contributed by atoms with E-state index < -0.39 is 5.91 Å². The second-order valence-corrected chi connectivity index (χ2v) is 9.03. The van der Waals surface area contributed by atoms with E-state index in [1.54, 1.807) is 42.6 Å². The SMILES string of the molecule is CN1CCN(c2ccc(NC=C3C(=O)Nc4ccc(C(=O)c5cccc(C(N)=O)c5)cc43)cc2)CC1. The van der Waals surface area contributed by atoms with Gasteiger partial charge in [0.05, 0.1) is 5.57 Å². The number of likely N-dealkylation sites (N-methyl/N-ethyl adjacent to an activating group) is 1. The number of rotatable bonds is 6. The number of amides is 2. The van der Waals surface area contributed by atoms with Gasteiger partial charge in [0.15, 0.2) is 5.78 Å². The molecule has 0 saturated carbocycles. The topological polar surface area (TPSA) is 108 Å². The Balaban J connectivity index is 1.34. The molecule has 2 heterocycles. The van der Waals surface area contributed by atoms with E-state index in [2.05, 4.69) is 39.6 Å². The van der Waals surface area contributed by atoms with Crippen LogP contribution in [0.2, 0.25) is 0 Å². The summed E-state index contributed by atoms with van der Waals surface area (Å²) in [6, 6.07) is 19.5. The number of nitrogens with zero attached hydrogens (tertiary/aromatic N) is 2. The van der Waals surface area contributed by atoms with Gasteiger partial charge in [0, 0.05) is 71.7 Å². The first-order valence-corrected chi connectivity index (χ1v) is 11.8. The molecule has 2 aliphatic heterocycles. The van der Waals surface area contributed by atoms with E-state index in [0.29, 0.717) is 28.0 Å². The van der Waals surface area contributed by atoms with Crippen molar-refractivity contribution >= 4 is 40.2 Å². The number of hydrogen-bond acceptors (Lipinski definition) is 6. The van der Waals surface area contributed by atoms with Crippen LogP contribution in [0.5, 0.6) is 0 Å². The molecule has 1 fully saturated rings. The second kappa shape index (κ2) is 9.67. The fourth-order valence-electron chi connectivity index (χ4n) is 4.44. The fourth-order valence-corrected chi connectivity index (χ4v) is 4.44. The molecule has 2 amide bonds. The molecule has 0 aliphatic carbocycles. The zero-order valence-electron chi connectivity index (χ0n) is 20.0. The van der Waals surface area contributed by atoms with Crippen LogP contribution in [-0.2, 0) is 4.79 Å². The number of fused-ring (bicyclic) bond motifs is 1. The number of anilines is 3. The van der Waals surface area contributed by atoms with Gasteiger partial charge < -0.3 is 26.2 Å². The van der Waals surface area contributed by atoms with E-state index in [0.717, 1.165) is 31.9 Å². The van der Waals surface area contributed by atoms with Gasteiger partial charge in [-0.05, 0) is 61.6 Å². The Morgan fingerprint density at radius 2 is 1.61 bits per heavy atom. The first-order valence-electron chi connectivity index (χ1n) is 11.8. The summed E-state index contributed by atoms with van der Waals surface area (Å²) < 4.78 is 0. The van der Waals surface area contributed by atoms with Crippen LogP contribution in [0.15, 0.2) is 72.9 Å². The molecule has 8 heteroatoms. The van der Waals surface area contributed by atoms with Crippen LogP contribution in [0, 0.1) is 0 Å². The van der Waals surface area contributed by atoms with E-state index in [1.807, 2.05) is 12.1 Å². The predicted octanol–water partition coefficient (Wildman–Crippen LogP) is 3.17. The molecular weight excluding hydrogens is 454 g/mol. The molecule has 8 nitrogen and oxygen atoms in total. The van der Waals surface area contributed by atoms with Crippen molar-refractivity contribution in [3.8, 4) is 0 Å². The minimum absolute atomic E-state index is 0.244. The quantitative estimate of drug-likeness (QED) is 0.369. The Labute approximate surface area is 209 Å². The minimum atomic E-state index is -0.596. The van der Waals surface area contributed by atoms with Gasteiger partial charge in [0.25, 0.3) is 5.91 Å². The third-order valence-corrected chi connectivity index (χ3v) is 6.59. The third kappa shape index (κ3) is 4.71. The summed E-state index contributed by atoms with van der Waals surface area (Å²) in [5.41, 5.74) is 10.1. The number of carbonyl (C=O) groups excluding carboxylic acids is 3. The van der Waals surface area contributed by atoms with Gasteiger partial charge in [0.1, 0.15) is 0 Å². The van der Waals surface area contributed by atoms with Crippen molar-refractivity contribution < 1.29 is 14.4 Å². The number of piperazine rings is 1. The Bertz CT molecular complexity index is 1370. The highest BCUT2D eigenvalue weighted by molar-refractivity contribution is 6.32. The van der Waals surface area contributed by atoms with Crippen LogP contribution in [-0.4, -0.2) is 55.7 Å². The fraction of sp³-hybridized carbons (Fsp3) is 0.179. The molecule has 0 unspecified atom stereocenters. The average molecular weight is 482 g/mol. The monoisotopic (exact) mass is 481 g/mol. The molecule has 5 rings (SSSR count). The summed E-state index contributed by atoms with van der Waals surface area (Å²) in [6.45, 7) is 4.08. The first-order chi connectivity index (χ1) is 17.4. The number of hydrogen-bond donors (Lipinski definition) is 3. The molecule has 1 saturated heterocycles. The van der Waals surface area contributed by atoms with Crippen LogP contribution >= 0.6 is 0 Å². The maximum atomic E-state index is 13.1. The predicted molar refractivity (Wildman–Crippen MR) is 141 cm³/mol. The molecule has 2 aliphatic rings. The number of nitrogens with two attached hydrogens (primary N) is 1. The molecule has 182 valence electrons. The summed E-state index contributed by atoms with van der Waals surface area (Å²) in [6.07, 6.45) is 1.66. The van der Waals surface area contributed by atoms with Crippen molar-refractivity contribution in [1.29, 1.82) is 0 Å². The number of ketones is 1. The van der Waals surface area contributed by atoms with Gasteiger partial charge in [-0.1, -0.05) is 12.1 Å². The van der Waals surface area contributed by atoms with Crippen molar-refractivity contribution in [2.45, 2.75) is 0 Å². The number of nitrogens with one attached hydrogen (secondary N) is 2. The highest BCUT2D eigenvalue weighted by Crippen LogP contribution is 2.33. The van der Waals surface area contributed by atoms with Crippen LogP contribution in [0.1, 0.15) is 31.8 Å². The lowest BCUT2D eigenvalue weighted by molar-refractivity contribution is -0.110. The van der Waals surface area contributed by atoms with Gasteiger partial charge in [-0.2, -0.15) is 0 Å². The van der Waals surface area contributed by atoms with Crippen molar-refractivity contribution in [2.24, 2.45) is 5.73 Å². The van der Waals surface area contributed by atoms with E-state index in [1.165, 1.54) is 11.8 Å². The first kappa shape index (κ1) is 23.3. The zero-order chi connectivity index (χ0) is 25.2. The van der Waals surface area contributed by atoms with Crippen LogP contribution in [0.25, 0.3) is 5.57 Å². The molecule has 36 heavy (non-hydrogen) atoms. The Hall–Kier alpha value is -4.43. The summed E-state index contributed by atoms with van der Waals surface area (Å²) in [5, 5.41) is 6.05. The smallest absolute Gasteiger partial charge is 0.257 e. The normalized spacial score (nSPS) is 16.5. The summed E-state index contributed by atoms with van der Waals surface area (Å²) in [5.74, 6) is -1.10. The lowest BCUT2D eigenvalue weighted by Crippen LogP contribution is -2.44. The van der Waals surface area contributed by atoms with Crippen molar-refractivity contribution in [2.75, 3.05) is 48.8 Å². The Morgan fingerprint density at radius 3 is 2.33 bits per heavy atom. The lowest BCUT2D eigenvalue weighted by atomic mass is 9.97. The molecular formula is C28H27N5O3. The maximum Gasteiger partial charge on any atom is 0.257 e. The van der Waals surface area contributed by atoms with Gasteiger partial charge in [-0.15, -0.1) is 0 Å². The Morgan fingerprint density at radius 1 is 0.917 bits per heavy atom. The van der Waals surface area contributed by atoms with Gasteiger partial charge >= 0.3 is 0 Å². The highest BCUT2D eigenvalue weighted by atomic mass is 16.2. The molecule has 0 radical (unpaired) electrons. The summed E-state index contributed by atoms with van der Waals surface area (Å²) in [4.78, 5) is 41.9. The van der Waals surface area contributed by atoms with E-state index in [4.69, 9.17) is 5.73 Å². The molecule has 3 aromatic carbocycles. The highest BCUT2D eigenvalue weighted by Gasteiger charge is 2.25. The molecule has 0 atom stereocenters. The summed E-state index contributed by atoms with van der Waals surface area (Å²) in [7, 11) is 2.13. The number of primary amides is 1. The van der Waals surface area contributed by atoms with E-state index in [-0.39, 0.29) is 17.3 Å². The number of carbonyl (C=O) groups is 3. The van der Waals surface area contributed by atoms with Crippen LogP contribution in [0.3, 0.4) is 0 Å². The largest absolute Gasteiger partial charge is 0.369 e. The van der Waals surface area contributed by atoms with Gasteiger partial charge in [0.2, 0.25) is 5.91 Å². The Kier molecular flexibility index (Phi) is 6.26. The third-order valence-electron chi connectivity index (χ3n) is 6.59. The zero-order valence-corrected chi connectivity index (χ0v) is 20.0. The maximum absolute atomic E-state index is 13.1. The lowest BCUT2D eigenvalue weighted by Gasteiger charge is -2.34. The summed E-state index contributed by atoms with van der Waals surface area (Å²) >= 11 is 0. The van der Waals surface area contributed by atoms with Gasteiger partial charge in [-0.3, -0.25) is 14.4 Å². The average Bonchev–Trinajstić information content (AvgIpc) is 3.22. The second-order valence-electron chi connectivity index (χ2n) is 9.03.